The van der Waals surface area contributed by atoms with Crippen molar-refractivity contribution in [2.24, 2.45) is 7.05 Å². The Hall–Kier alpha value is -2.45. The van der Waals surface area contributed by atoms with Gasteiger partial charge in [0.25, 0.3) is 0 Å². The number of rotatable bonds is 3. The first kappa shape index (κ1) is 19.5. The van der Waals surface area contributed by atoms with E-state index < -0.39 is 0 Å². The molecule has 0 bridgehead atoms. The Bertz CT molecular complexity index is 1070. The van der Waals surface area contributed by atoms with E-state index >= 15 is 0 Å². The Morgan fingerprint density at radius 2 is 1.97 bits per heavy atom. The predicted molar refractivity (Wildman–Crippen MR) is 117 cm³/mol. The summed E-state index contributed by atoms with van der Waals surface area (Å²) in [6.45, 7) is 8.29. The van der Waals surface area contributed by atoms with E-state index in [1.165, 1.54) is 9.75 Å². The Kier molecular flexibility index (Phi) is 4.78. The van der Waals surface area contributed by atoms with Crippen molar-refractivity contribution < 1.29 is 4.79 Å². The molecule has 0 radical (unpaired) electrons. The molecule has 2 aliphatic rings. The Balaban J connectivity index is 1.44. The first-order chi connectivity index (χ1) is 14.5. The number of piperidine rings is 1. The molecule has 5 rings (SSSR count). The molecule has 2 aliphatic heterocycles. The fourth-order valence-corrected chi connectivity index (χ4v) is 6.05. The van der Waals surface area contributed by atoms with Crippen LogP contribution < -0.4 is 0 Å². The van der Waals surface area contributed by atoms with Crippen LogP contribution in [0.15, 0.2) is 30.7 Å². The van der Waals surface area contributed by atoms with Crippen LogP contribution in [0.2, 0.25) is 0 Å². The van der Waals surface area contributed by atoms with Gasteiger partial charge in [-0.05, 0) is 31.9 Å². The van der Waals surface area contributed by atoms with Crippen LogP contribution in [-0.4, -0.2) is 54.7 Å². The van der Waals surface area contributed by atoms with Gasteiger partial charge in [0.2, 0.25) is 5.91 Å². The van der Waals surface area contributed by atoms with E-state index in [0.717, 1.165) is 62.6 Å². The van der Waals surface area contributed by atoms with Crippen molar-refractivity contribution in [2.45, 2.75) is 45.3 Å². The number of carbonyl (C=O) groups excluding carboxylic acids is 1. The number of nitrogens with zero attached hydrogens (tertiary/aromatic N) is 6. The molecule has 8 heteroatoms. The van der Waals surface area contributed by atoms with Gasteiger partial charge in [0.15, 0.2) is 0 Å². The van der Waals surface area contributed by atoms with Gasteiger partial charge in [0.05, 0.1) is 18.1 Å². The second-order valence-corrected chi connectivity index (χ2v) is 9.88. The van der Waals surface area contributed by atoms with Crippen LogP contribution in [0.3, 0.4) is 0 Å². The second kappa shape index (κ2) is 7.35. The Labute approximate surface area is 180 Å². The molecule has 0 unspecified atom stereocenters. The van der Waals surface area contributed by atoms with Crippen molar-refractivity contribution >= 4 is 17.2 Å². The number of hydrogen-bond donors (Lipinski definition) is 0. The molecule has 30 heavy (non-hydrogen) atoms. The van der Waals surface area contributed by atoms with Crippen LogP contribution in [0.5, 0.6) is 0 Å². The number of likely N-dealkylation sites (tertiary alicyclic amines) is 1. The standard InChI is InChI=1S/C22H28N6OS/c1-16-4-5-19(30-16)15-26-8-6-22(7-9-26)21-23-13-20(18-12-24-25(3)14-18)27(21)10-11-28(22)17(2)29/h4-5,12-14H,6-11,15H2,1-3H3. The summed E-state index contributed by atoms with van der Waals surface area (Å²) in [5.41, 5.74) is 1.86. The zero-order chi connectivity index (χ0) is 20.9. The van der Waals surface area contributed by atoms with Crippen molar-refractivity contribution in [1.29, 1.82) is 0 Å². The average Bonchev–Trinajstić information content (AvgIpc) is 3.44. The summed E-state index contributed by atoms with van der Waals surface area (Å²) < 4.78 is 4.13. The van der Waals surface area contributed by atoms with E-state index in [4.69, 9.17) is 4.98 Å². The molecule has 3 aromatic rings. The van der Waals surface area contributed by atoms with Gasteiger partial charge in [0, 0.05) is 68.2 Å². The SMILES string of the molecule is CC(=O)N1CCn2c(-c3cnn(C)c3)cnc2C12CCN(Cc1ccc(C)s1)CC2. The average molecular weight is 425 g/mol. The number of aryl methyl sites for hydroxylation is 2. The van der Waals surface area contributed by atoms with E-state index in [1.807, 2.05) is 41.7 Å². The van der Waals surface area contributed by atoms with Crippen LogP contribution in [0, 0.1) is 6.92 Å². The van der Waals surface area contributed by atoms with Crippen LogP contribution in [-0.2, 0) is 30.5 Å². The lowest BCUT2D eigenvalue weighted by molar-refractivity contribution is -0.141. The Morgan fingerprint density at radius 3 is 2.60 bits per heavy atom. The van der Waals surface area contributed by atoms with E-state index in [0.29, 0.717) is 0 Å². The van der Waals surface area contributed by atoms with Gasteiger partial charge in [-0.25, -0.2) is 4.98 Å². The fraction of sp³-hybridized carbons (Fsp3) is 0.500. The first-order valence-electron chi connectivity index (χ1n) is 10.6. The van der Waals surface area contributed by atoms with Gasteiger partial charge >= 0.3 is 0 Å². The summed E-state index contributed by atoms with van der Waals surface area (Å²) in [6, 6.07) is 4.43. The van der Waals surface area contributed by atoms with E-state index in [2.05, 4.69) is 38.5 Å². The highest BCUT2D eigenvalue weighted by molar-refractivity contribution is 7.11. The Morgan fingerprint density at radius 1 is 1.17 bits per heavy atom. The maximum atomic E-state index is 12.6. The van der Waals surface area contributed by atoms with E-state index in [-0.39, 0.29) is 11.4 Å². The molecule has 0 N–H and O–H groups in total. The summed E-state index contributed by atoms with van der Waals surface area (Å²) in [4.78, 5) is 24.8. The molecule has 1 fully saturated rings. The zero-order valence-corrected chi connectivity index (χ0v) is 18.7. The topological polar surface area (TPSA) is 59.2 Å². The molecule has 1 spiro atoms. The molecule has 0 saturated carbocycles. The molecule has 0 atom stereocenters. The van der Waals surface area contributed by atoms with Crippen LogP contribution in [0.1, 0.15) is 35.3 Å². The van der Waals surface area contributed by atoms with Crippen molar-refractivity contribution in [3.05, 3.63) is 46.3 Å². The van der Waals surface area contributed by atoms with Crippen LogP contribution in [0.25, 0.3) is 11.3 Å². The van der Waals surface area contributed by atoms with Crippen LogP contribution >= 0.6 is 11.3 Å². The smallest absolute Gasteiger partial charge is 0.220 e. The van der Waals surface area contributed by atoms with E-state index in [1.54, 1.807) is 6.92 Å². The summed E-state index contributed by atoms with van der Waals surface area (Å²) in [5, 5.41) is 4.33. The predicted octanol–water partition coefficient (Wildman–Crippen LogP) is 3.01. The van der Waals surface area contributed by atoms with Crippen molar-refractivity contribution in [1.82, 2.24) is 29.1 Å². The molecular weight excluding hydrogens is 396 g/mol. The minimum Gasteiger partial charge on any atom is -0.328 e. The molecule has 1 saturated heterocycles. The molecular formula is C22H28N6OS. The summed E-state index contributed by atoms with van der Waals surface area (Å²) in [5.74, 6) is 1.18. The second-order valence-electron chi connectivity index (χ2n) is 8.51. The number of fused-ring (bicyclic) bond motifs is 2. The molecule has 0 aliphatic carbocycles. The summed E-state index contributed by atoms with van der Waals surface area (Å²) in [6.07, 6.45) is 7.71. The quantitative estimate of drug-likeness (QED) is 0.649. The van der Waals surface area contributed by atoms with Gasteiger partial charge in [-0.3, -0.25) is 14.4 Å². The number of thiophene rings is 1. The highest BCUT2D eigenvalue weighted by Crippen LogP contribution is 2.42. The van der Waals surface area contributed by atoms with Crippen molar-refractivity contribution in [3.63, 3.8) is 0 Å². The lowest BCUT2D eigenvalue weighted by atomic mass is 9.83. The molecule has 1 amide bonds. The maximum Gasteiger partial charge on any atom is 0.220 e. The number of carbonyl (C=O) groups is 1. The van der Waals surface area contributed by atoms with Gasteiger partial charge < -0.3 is 9.47 Å². The van der Waals surface area contributed by atoms with Gasteiger partial charge in [-0.2, -0.15) is 5.10 Å². The number of aromatic nitrogens is 4. The summed E-state index contributed by atoms with van der Waals surface area (Å²) in [7, 11) is 1.93. The van der Waals surface area contributed by atoms with E-state index in [9.17, 15) is 4.79 Å². The molecule has 0 aromatic carbocycles. The van der Waals surface area contributed by atoms with Gasteiger partial charge in [-0.15, -0.1) is 11.3 Å². The monoisotopic (exact) mass is 424 g/mol. The third kappa shape index (κ3) is 3.18. The molecule has 158 valence electrons. The normalized spacial score (nSPS) is 18.7. The highest BCUT2D eigenvalue weighted by atomic mass is 32.1. The van der Waals surface area contributed by atoms with Crippen LogP contribution in [0.4, 0.5) is 0 Å². The number of hydrogen-bond acceptors (Lipinski definition) is 5. The van der Waals surface area contributed by atoms with Gasteiger partial charge in [-0.1, -0.05) is 0 Å². The highest BCUT2D eigenvalue weighted by Gasteiger charge is 2.48. The minimum absolute atomic E-state index is 0.148. The number of imidazole rings is 1. The largest absolute Gasteiger partial charge is 0.328 e. The summed E-state index contributed by atoms with van der Waals surface area (Å²) >= 11 is 1.87. The molecule has 7 nitrogen and oxygen atoms in total. The first-order valence-corrected chi connectivity index (χ1v) is 11.4. The lowest BCUT2D eigenvalue weighted by Gasteiger charge is -2.50. The van der Waals surface area contributed by atoms with Crippen molar-refractivity contribution in [3.8, 4) is 11.3 Å². The van der Waals surface area contributed by atoms with Gasteiger partial charge in [0.1, 0.15) is 11.4 Å². The van der Waals surface area contributed by atoms with Crippen molar-refractivity contribution in [2.75, 3.05) is 19.6 Å². The molecule has 5 heterocycles. The maximum absolute atomic E-state index is 12.6. The minimum atomic E-state index is -0.313. The third-order valence-corrected chi connectivity index (χ3v) is 7.56. The lowest BCUT2D eigenvalue weighted by Crippen LogP contribution is -2.59. The third-order valence-electron chi connectivity index (χ3n) is 6.58. The zero-order valence-electron chi connectivity index (χ0n) is 17.8. The number of amides is 1. The molecule has 3 aromatic heterocycles. The fourth-order valence-electron chi connectivity index (χ4n) is 5.12.